The Morgan fingerprint density at radius 2 is 1.42 bits per heavy atom. The lowest BCUT2D eigenvalue weighted by atomic mass is 9.81. The number of imide groups is 1. The molecule has 0 N–H and O–H groups in total. The maximum absolute atomic E-state index is 13.6. The van der Waals surface area contributed by atoms with Crippen LogP contribution in [-0.4, -0.2) is 44.8 Å². The number of benzene rings is 4. The van der Waals surface area contributed by atoms with Crippen LogP contribution in [0.25, 0.3) is 33.3 Å². The first kappa shape index (κ1) is 33.0. The molecule has 7 nitrogen and oxygen atoms in total. The van der Waals surface area contributed by atoms with Crippen LogP contribution < -0.4 is 4.90 Å². The summed E-state index contributed by atoms with van der Waals surface area (Å²) in [6, 6.07) is 29.1. The van der Waals surface area contributed by atoms with E-state index < -0.39 is 12.6 Å². The van der Waals surface area contributed by atoms with Crippen LogP contribution in [0, 0.1) is 30.6 Å². The molecular formula is C40H29Br2ClN2O5. The number of alkyl halides is 2. The summed E-state index contributed by atoms with van der Waals surface area (Å²) in [7, 11) is 0. The minimum Gasteiger partial charge on any atom is -0.454 e. The highest BCUT2D eigenvalue weighted by molar-refractivity contribution is 9.12. The van der Waals surface area contributed by atoms with Crippen molar-refractivity contribution >= 4 is 83.6 Å². The molecule has 0 radical (unpaired) electrons. The molecule has 1 saturated heterocycles. The number of nitrogens with zero attached hydrogens (tertiary/aromatic N) is 2. The number of hydrogen-bond donors (Lipinski definition) is 0. The van der Waals surface area contributed by atoms with Gasteiger partial charge in [0.1, 0.15) is 0 Å². The van der Waals surface area contributed by atoms with E-state index in [1.807, 2.05) is 49.4 Å². The van der Waals surface area contributed by atoms with Crippen LogP contribution in [0.2, 0.25) is 5.02 Å². The van der Waals surface area contributed by atoms with E-state index in [9.17, 15) is 19.2 Å². The maximum Gasteiger partial charge on any atom is 0.339 e. The summed E-state index contributed by atoms with van der Waals surface area (Å²) in [5.41, 5.74) is 5.55. The number of aryl methyl sites for hydroxylation is 1. The van der Waals surface area contributed by atoms with E-state index in [0.29, 0.717) is 44.0 Å². The Bertz CT molecular complexity index is 2180. The van der Waals surface area contributed by atoms with Crippen molar-refractivity contribution in [1.29, 1.82) is 0 Å². The van der Waals surface area contributed by atoms with Crippen molar-refractivity contribution in [2.24, 2.45) is 23.7 Å². The minimum atomic E-state index is -0.670. The number of ether oxygens (including phenoxy) is 1. The molecule has 5 aromatic rings. The lowest BCUT2D eigenvalue weighted by molar-refractivity contribution is -0.123. The van der Waals surface area contributed by atoms with Gasteiger partial charge in [-0.25, -0.2) is 9.78 Å². The fourth-order valence-electron chi connectivity index (χ4n) is 7.88. The number of anilines is 1. The van der Waals surface area contributed by atoms with Crippen molar-refractivity contribution in [2.75, 3.05) is 11.5 Å². The first-order valence-electron chi connectivity index (χ1n) is 16.3. The molecule has 50 heavy (non-hydrogen) atoms. The number of carbonyl (C=O) groups excluding carboxylic acids is 4. The summed E-state index contributed by atoms with van der Waals surface area (Å²) < 4.78 is 5.57. The standard InChI is InChI=1S/C40H29Br2ClN2O5/c1-20-30(43)16-15-26-27(40(49)50-19-32(46)24-9-7-22(8-10-24)21-5-3-2-4-6-21)18-31(44-37(20)26)23-11-13-25(14-12-23)45-38(47)33-28-17-29(34(33)39(45)48)36(42)35(28)41/h2-16,18,28-29,33-36H,17,19H2,1H3. The van der Waals surface area contributed by atoms with E-state index in [1.54, 1.807) is 54.6 Å². The summed E-state index contributed by atoms with van der Waals surface area (Å²) in [6.07, 6.45) is 0.864. The molecule has 2 amide bonds. The van der Waals surface area contributed by atoms with E-state index in [-0.39, 0.29) is 56.5 Å². The van der Waals surface area contributed by atoms with Gasteiger partial charge in [0.25, 0.3) is 0 Å². The average Bonchev–Trinajstić information content (AvgIpc) is 3.76. The smallest absolute Gasteiger partial charge is 0.339 e. The van der Waals surface area contributed by atoms with Gasteiger partial charge in [-0.2, -0.15) is 0 Å². The molecule has 2 bridgehead atoms. The summed E-state index contributed by atoms with van der Waals surface area (Å²) in [4.78, 5) is 60.3. The predicted molar refractivity (Wildman–Crippen MR) is 200 cm³/mol. The van der Waals surface area contributed by atoms with Crippen LogP contribution >= 0.6 is 43.5 Å². The van der Waals surface area contributed by atoms with Crippen LogP contribution in [0.4, 0.5) is 5.69 Å². The Kier molecular flexibility index (Phi) is 8.48. The molecule has 2 aliphatic carbocycles. The number of esters is 1. The van der Waals surface area contributed by atoms with Gasteiger partial charge in [-0.05, 0) is 66.1 Å². The number of carbonyl (C=O) groups is 4. The molecular weight excluding hydrogens is 784 g/mol. The van der Waals surface area contributed by atoms with Gasteiger partial charge in [-0.3, -0.25) is 19.3 Å². The fraction of sp³-hybridized carbons (Fsp3) is 0.225. The van der Waals surface area contributed by atoms with Gasteiger partial charge >= 0.3 is 5.97 Å². The Hall–Kier alpha value is -4.18. The number of rotatable bonds is 7. The lowest BCUT2D eigenvalue weighted by Crippen LogP contribution is -2.37. The second-order valence-corrected chi connectivity index (χ2v) is 15.7. The third-order valence-electron chi connectivity index (χ3n) is 10.4. The number of amides is 2. The molecule has 4 aromatic carbocycles. The largest absolute Gasteiger partial charge is 0.454 e. The monoisotopic (exact) mass is 810 g/mol. The van der Waals surface area contributed by atoms with Gasteiger partial charge in [-0.15, -0.1) is 0 Å². The first-order valence-corrected chi connectivity index (χ1v) is 18.6. The number of Topliss-reactive ketones (excluding diaryl/α,β-unsaturated/α-hetero) is 1. The number of halogens is 3. The zero-order chi connectivity index (χ0) is 34.8. The topological polar surface area (TPSA) is 93.6 Å². The third-order valence-corrected chi connectivity index (χ3v) is 14.1. The number of fused-ring (bicyclic) bond motifs is 6. The molecule has 6 atom stereocenters. The van der Waals surface area contributed by atoms with E-state index >= 15 is 0 Å². The summed E-state index contributed by atoms with van der Waals surface area (Å²) in [5.74, 6) is -1.66. The molecule has 3 fully saturated rings. The van der Waals surface area contributed by atoms with Crippen molar-refractivity contribution in [3.63, 3.8) is 0 Å². The quantitative estimate of drug-likeness (QED) is 0.0706. The van der Waals surface area contributed by atoms with Crippen molar-refractivity contribution in [3.8, 4) is 22.4 Å². The van der Waals surface area contributed by atoms with Gasteiger partial charge < -0.3 is 4.74 Å². The molecule has 0 spiro atoms. The van der Waals surface area contributed by atoms with Gasteiger partial charge in [-0.1, -0.05) is 116 Å². The van der Waals surface area contributed by atoms with Crippen molar-refractivity contribution in [2.45, 2.75) is 23.0 Å². The van der Waals surface area contributed by atoms with Gasteiger partial charge in [0.05, 0.1) is 34.3 Å². The van der Waals surface area contributed by atoms with Gasteiger partial charge in [0.2, 0.25) is 11.8 Å². The zero-order valence-corrected chi connectivity index (χ0v) is 30.6. The molecule has 2 saturated carbocycles. The molecule has 3 aliphatic rings. The molecule has 10 heteroatoms. The van der Waals surface area contributed by atoms with Gasteiger partial charge in [0, 0.05) is 31.2 Å². The van der Waals surface area contributed by atoms with Crippen LogP contribution in [0.5, 0.6) is 0 Å². The van der Waals surface area contributed by atoms with Crippen LogP contribution in [0.3, 0.4) is 0 Å². The Morgan fingerprint density at radius 1 is 0.820 bits per heavy atom. The van der Waals surface area contributed by atoms with Crippen molar-refractivity contribution in [1.82, 2.24) is 4.98 Å². The molecule has 1 aliphatic heterocycles. The number of hydrogen-bond acceptors (Lipinski definition) is 6. The first-order chi connectivity index (χ1) is 24.1. The second-order valence-electron chi connectivity index (χ2n) is 13.1. The summed E-state index contributed by atoms with van der Waals surface area (Å²) in [5, 5.41) is 1.04. The second kappa shape index (κ2) is 12.9. The van der Waals surface area contributed by atoms with Crippen molar-refractivity contribution < 1.29 is 23.9 Å². The summed E-state index contributed by atoms with van der Waals surface area (Å²) in [6.45, 7) is 1.39. The van der Waals surface area contributed by atoms with E-state index in [1.165, 1.54) is 4.90 Å². The number of ketones is 1. The van der Waals surface area contributed by atoms with Gasteiger partial charge in [0.15, 0.2) is 12.4 Å². The highest BCUT2D eigenvalue weighted by Gasteiger charge is 2.66. The van der Waals surface area contributed by atoms with Crippen LogP contribution in [0.15, 0.2) is 97.1 Å². The normalized spacial score (nSPS) is 23.8. The fourth-order valence-corrected chi connectivity index (χ4v) is 9.90. The highest BCUT2D eigenvalue weighted by Crippen LogP contribution is 2.60. The Balaban J connectivity index is 1.04. The minimum absolute atomic E-state index is 0.126. The summed E-state index contributed by atoms with van der Waals surface area (Å²) >= 11 is 14.0. The Morgan fingerprint density at radius 3 is 2.06 bits per heavy atom. The van der Waals surface area contributed by atoms with E-state index in [2.05, 4.69) is 31.9 Å². The van der Waals surface area contributed by atoms with Crippen LogP contribution in [-0.2, 0) is 14.3 Å². The Labute approximate surface area is 310 Å². The molecule has 6 unspecified atom stereocenters. The SMILES string of the molecule is Cc1c(Cl)ccc2c(C(=O)OCC(=O)c3ccc(-c4ccccc4)cc3)cc(-c3ccc(N4C(=O)C5C6CC(C(Br)C6Br)C5C4=O)cc3)nc12. The van der Waals surface area contributed by atoms with Crippen molar-refractivity contribution in [3.05, 3.63) is 119 Å². The lowest BCUT2D eigenvalue weighted by Gasteiger charge is -2.28. The van der Waals surface area contributed by atoms with Crippen LogP contribution in [0.1, 0.15) is 32.7 Å². The number of pyridine rings is 1. The maximum atomic E-state index is 13.6. The average molecular weight is 813 g/mol. The zero-order valence-electron chi connectivity index (χ0n) is 26.7. The molecule has 1 aromatic heterocycles. The molecule has 2 heterocycles. The van der Waals surface area contributed by atoms with E-state index in [0.717, 1.165) is 17.5 Å². The molecule has 8 rings (SSSR count). The predicted octanol–water partition coefficient (Wildman–Crippen LogP) is 8.85. The highest BCUT2D eigenvalue weighted by atomic mass is 79.9. The number of aromatic nitrogens is 1. The molecule has 250 valence electrons. The third kappa shape index (κ3) is 5.41. The van der Waals surface area contributed by atoms with E-state index in [4.69, 9.17) is 21.3 Å².